The second-order valence-corrected chi connectivity index (χ2v) is 4.05. The molecule has 0 spiro atoms. The van der Waals surface area contributed by atoms with Crippen LogP contribution in [0.2, 0.25) is 0 Å². The van der Waals surface area contributed by atoms with E-state index in [1.807, 2.05) is 11.8 Å². The standard InChI is InChI=1S/C12H21N3O4/c1-4-11-13-10(14-19-11)9-15(7-8-17-2)6-5-12(16)18-3/h4-9H2,1-3H3. The molecule has 0 amide bonds. The van der Waals surface area contributed by atoms with Gasteiger partial charge in [-0.15, -0.1) is 0 Å². The molecule has 0 atom stereocenters. The second kappa shape index (κ2) is 8.60. The monoisotopic (exact) mass is 271 g/mol. The van der Waals surface area contributed by atoms with Gasteiger partial charge in [-0.2, -0.15) is 4.98 Å². The minimum absolute atomic E-state index is 0.232. The minimum atomic E-state index is -0.232. The van der Waals surface area contributed by atoms with Crippen molar-refractivity contribution in [2.45, 2.75) is 26.3 Å². The SMILES string of the molecule is CCc1nc(CN(CCOC)CCC(=O)OC)no1. The van der Waals surface area contributed by atoms with Gasteiger partial charge in [-0.1, -0.05) is 12.1 Å². The molecule has 19 heavy (non-hydrogen) atoms. The lowest BCUT2D eigenvalue weighted by atomic mass is 10.3. The third-order valence-corrected chi connectivity index (χ3v) is 2.65. The fourth-order valence-corrected chi connectivity index (χ4v) is 1.54. The molecule has 0 aliphatic rings. The van der Waals surface area contributed by atoms with Gasteiger partial charge in [-0.25, -0.2) is 0 Å². The fourth-order valence-electron chi connectivity index (χ4n) is 1.54. The van der Waals surface area contributed by atoms with E-state index < -0.39 is 0 Å². The van der Waals surface area contributed by atoms with Crippen LogP contribution in [0.5, 0.6) is 0 Å². The van der Waals surface area contributed by atoms with E-state index in [9.17, 15) is 4.79 Å². The van der Waals surface area contributed by atoms with Gasteiger partial charge in [0.2, 0.25) is 5.89 Å². The molecule has 7 heteroatoms. The number of esters is 1. The molecule has 0 unspecified atom stereocenters. The van der Waals surface area contributed by atoms with Crippen LogP contribution in [0.4, 0.5) is 0 Å². The van der Waals surface area contributed by atoms with Crippen molar-refractivity contribution < 1.29 is 18.8 Å². The van der Waals surface area contributed by atoms with Crippen molar-refractivity contribution in [3.63, 3.8) is 0 Å². The van der Waals surface area contributed by atoms with Crippen LogP contribution in [0.25, 0.3) is 0 Å². The molecular weight excluding hydrogens is 250 g/mol. The number of methoxy groups -OCH3 is 2. The van der Waals surface area contributed by atoms with E-state index in [-0.39, 0.29) is 5.97 Å². The molecule has 0 saturated carbocycles. The number of carbonyl (C=O) groups excluding carboxylic acids is 1. The molecule has 7 nitrogen and oxygen atoms in total. The van der Waals surface area contributed by atoms with Crippen molar-refractivity contribution in [3.05, 3.63) is 11.7 Å². The number of hydrogen-bond acceptors (Lipinski definition) is 7. The van der Waals surface area contributed by atoms with Gasteiger partial charge in [0.25, 0.3) is 0 Å². The van der Waals surface area contributed by atoms with E-state index in [1.165, 1.54) is 7.11 Å². The van der Waals surface area contributed by atoms with Crippen LogP contribution in [0.15, 0.2) is 4.52 Å². The highest BCUT2D eigenvalue weighted by atomic mass is 16.5. The highest BCUT2D eigenvalue weighted by Crippen LogP contribution is 2.04. The van der Waals surface area contributed by atoms with E-state index in [4.69, 9.17) is 9.26 Å². The third-order valence-electron chi connectivity index (χ3n) is 2.65. The van der Waals surface area contributed by atoms with Crippen LogP contribution >= 0.6 is 0 Å². The summed E-state index contributed by atoms with van der Waals surface area (Å²) < 4.78 is 14.7. The summed E-state index contributed by atoms with van der Waals surface area (Å²) in [5.41, 5.74) is 0. The van der Waals surface area contributed by atoms with Gasteiger partial charge < -0.3 is 14.0 Å². The number of carbonyl (C=O) groups is 1. The summed E-state index contributed by atoms with van der Waals surface area (Å²) in [4.78, 5) is 17.4. The number of nitrogens with zero attached hydrogens (tertiary/aromatic N) is 3. The molecule has 0 N–H and O–H groups in total. The van der Waals surface area contributed by atoms with Gasteiger partial charge in [0.05, 0.1) is 26.7 Å². The molecule has 0 radical (unpaired) electrons. The molecule has 1 rings (SSSR count). The molecular formula is C12H21N3O4. The quantitative estimate of drug-likeness (QED) is 0.610. The maximum atomic E-state index is 11.2. The zero-order valence-electron chi connectivity index (χ0n) is 11.7. The molecule has 0 aromatic carbocycles. The highest BCUT2D eigenvalue weighted by Gasteiger charge is 2.13. The molecule has 0 bridgehead atoms. The fraction of sp³-hybridized carbons (Fsp3) is 0.750. The van der Waals surface area contributed by atoms with Gasteiger partial charge in [-0.05, 0) is 0 Å². The molecule has 1 heterocycles. The van der Waals surface area contributed by atoms with E-state index in [2.05, 4.69) is 14.9 Å². The van der Waals surface area contributed by atoms with Crippen molar-refractivity contribution in [1.29, 1.82) is 0 Å². The Hall–Kier alpha value is -1.47. The average molecular weight is 271 g/mol. The van der Waals surface area contributed by atoms with Crippen LogP contribution < -0.4 is 0 Å². The van der Waals surface area contributed by atoms with E-state index in [1.54, 1.807) is 7.11 Å². The Kier molecular flexibility index (Phi) is 7.06. The van der Waals surface area contributed by atoms with E-state index in [0.717, 1.165) is 0 Å². The van der Waals surface area contributed by atoms with Gasteiger partial charge >= 0.3 is 5.97 Å². The maximum absolute atomic E-state index is 11.2. The number of ether oxygens (including phenoxy) is 2. The van der Waals surface area contributed by atoms with Crippen molar-refractivity contribution in [3.8, 4) is 0 Å². The summed E-state index contributed by atoms with van der Waals surface area (Å²) >= 11 is 0. The summed E-state index contributed by atoms with van der Waals surface area (Å²) in [5, 5.41) is 3.90. The van der Waals surface area contributed by atoms with Gasteiger partial charge in [-0.3, -0.25) is 9.69 Å². The first-order chi connectivity index (χ1) is 9.19. The number of rotatable bonds is 9. The zero-order chi connectivity index (χ0) is 14.1. The molecule has 0 fully saturated rings. The zero-order valence-corrected chi connectivity index (χ0v) is 11.7. The molecule has 1 aromatic rings. The van der Waals surface area contributed by atoms with Crippen molar-refractivity contribution in [2.24, 2.45) is 0 Å². The summed E-state index contributed by atoms with van der Waals surface area (Å²) in [6.45, 7) is 4.34. The molecule has 0 aliphatic carbocycles. The Morgan fingerprint density at radius 1 is 1.37 bits per heavy atom. The number of hydrogen-bond donors (Lipinski definition) is 0. The Labute approximate surface area is 112 Å². The van der Waals surface area contributed by atoms with Gasteiger partial charge in [0.15, 0.2) is 5.82 Å². The van der Waals surface area contributed by atoms with Crippen LogP contribution in [0.3, 0.4) is 0 Å². The molecule has 1 aromatic heterocycles. The van der Waals surface area contributed by atoms with Gasteiger partial charge in [0, 0.05) is 26.6 Å². The first-order valence-electron chi connectivity index (χ1n) is 6.29. The average Bonchev–Trinajstić information content (AvgIpc) is 2.89. The summed E-state index contributed by atoms with van der Waals surface area (Å²) in [6, 6.07) is 0. The lowest BCUT2D eigenvalue weighted by Gasteiger charge is -2.19. The van der Waals surface area contributed by atoms with Crippen molar-refractivity contribution in [2.75, 3.05) is 33.9 Å². The number of aryl methyl sites for hydroxylation is 1. The lowest BCUT2D eigenvalue weighted by molar-refractivity contribution is -0.141. The molecule has 108 valence electrons. The van der Waals surface area contributed by atoms with Crippen molar-refractivity contribution >= 4 is 5.97 Å². The Balaban J connectivity index is 2.50. The topological polar surface area (TPSA) is 77.7 Å². The predicted octanol–water partition coefficient (Wildman–Crippen LogP) is 0.643. The summed E-state index contributed by atoms with van der Waals surface area (Å²) in [7, 11) is 3.02. The molecule has 0 aliphatic heterocycles. The van der Waals surface area contributed by atoms with Gasteiger partial charge in [0.1, 0.15) is 0 Å². The smallest absolute Gasteiger partial charge is 0.306 e. The Morgan fingerprint density at radius 3 is 2.74 bits per heavy atom. The second-order valence-electron chi connectivity index (χ2n) is 4.05. The summed E-state index contributed by atoms with van der Waals surface area (Å²) in [5.74, 6) is 1.01. The molecule has 0 saturated heterocycles. The Morgan fingerprint density at radius 2 is 2.16 bits per heavy atom. The van der Waals surface area contributed by atoms with Crippen LogP contribution in [0, 0.1) is 0 Å². The highest BCUT2D eigenvalue weighted by molar-refractivity contribution is 5.69. The van der Waals surface area contributed by atoms with Crippen LogP contribution in [0.1, 0.15) is 25.1 Å². The van der Waals surface area contributed by atoms with Crippen LogP contribution in [-0.4, -0.2) is 54.9 Å². The first kappa shape index (κ1) is 15.6. The normalized spacial score (nSPS) is 10.9. The largest absolute Gasteiger partial charge is 0.469 e. The first-order valence-corrected chi connectivity index (χ1v) is 6.29. The summed E-state index contributed by atoms with van der Waals surface area (Å²) in [6.07, 6.45) is 1.05. The van der Waals surface area contributed by atoms with Crippen molar-refractivity contribution in [1.82, 2.24) is 15.0 Å². The van der Waals surface area contributed by atoms with E-state index >= 15 is 0 Å². The van der Waals surface area contributed by atoms with Crippen LogP contribution in [-0.2, 0) is 27.2 Å². The minimum Gasteiger partial charge on any atom is -0.469 e. The number of aromatic nitrogens is 2. The van der Waals surface area contributed by atoms with E-state index in [0.29, 0.717) is 50.8 Å². The Bertz CT molecular complexity index is 381. The third kappa shape index (κ3) is 5.80. The maximum Gasteiger partial charge on any atom is 0.306 e. The predicted molar refractivity (Wildman–Crippen MR) is 67.5 cm³/mol. The lowest BCUT2D eigenvalue weighted by Crippen LogP contribution is -2.30.